The largest absolute Gasteiger partial charge is 0.377 e. The second-order valence-corrected chi connectivity index (χ2v) is 5.69. The minimum Gasteiger partial charge on any atom is -0.377 e. The summed E-state index contributed by atoms with van der Waals surface area (Å²) in [6.45, 7) is 6.05. The number of anilines is 2. The molecule has 2 aromatic heterocycles. The number of thiazole rings is 1. The van der Waals surface area contributed by atoms with Gasteiger partial charge in [-0.2, -0.15) is 0 Å². The number of hydrogen-bond acceptors (Lipinski definition) is 7. The second kappa shape index (κ2) is 7.90. The third kappa shape index (κ3) is 4.95. The minimum absolute atomic E-state index is 0.395. The lowest BCUT2D eigenvalue weighted by molar-refractivity contribution is 0.178. The van der Waals surface area contributed by atoms with Crippen molar-refractivity contribution in [1.82, 2.24) is 15.0 Å². The second-order valence-electron chi connectivity index (χ2n) is 4.63. The van der Waals surface area contributed by atoms with Crippen molar-refractivity contribution < 1.29 is 4.74 Å². The van der Waals surface area contributed by atoms with Crippen molar-refractivity contribution in [1.29, 1.82) is 0 Å². The molecule has 0 aliphatic carbocycles. The predicted molar refractivity (Wildman–Crippen MR) is 85.7 cm³/mol. The Labute approximate surface area is 129 Å². The first-order valence-corrected chi connectivity index (χ1v) is 7.85. The Morgan fingerprint density at radius 3 is 2.57 bits per heavy atom. The fourth-order valence-corrected chi connectivity index (χ4v) is 2.41. The molecule has 21 heavy (non-hydrogen) atoms. The van der Waals surface area contributed by atoms with Gasteiger partial charge in [0.2, 0.25) is 0 Å². The summed E-state index contributed by atoms with van der Waals surface area (Å²) in [6, 6.07) is 1.91. The fraction of sp³-hybridized carbons (Fsp3) is 0.500. The summed E-state index contributed by atoms with van der Waals surface area (Å²) in [5.41, 5.74) is 1.02. The summed E-state index contributed by atoms with van der Waals surface area (Å²) in [7, 11) is 1.64. The van der Waals surface area contributed by atoms with Crippen LogP contribution in [0.25, 0.3) is 0 Å². The van der Waals surface area contributed by atoms with E-state index in [0.717, 1.165) is 35.3 Å². The van der Waals surface area contributed by atoms with E-state index in [1.165, 1.54) is 0 Å². The van der Waals surface area contributed by atoms with E-state index in [1.807, 2.05) is 13.0 Å². The molecule has 2 N–H and O–H groups in total. The molecule has 2 heterocycles. The molecule has 7 heteroatoms. The van der Waals surface area contributed by atoms with Gasteiger partial charge in [0.1, 0.15) is 18.2 Å². The fourth-order valence-electron chi connectivity index (χ4n) is 1.80. The van der Waals surface area contributed by atoms with Crippen molar-refractivity contribution in [2.24, 2.45) is 0 Å². The van der Waals surface area contributed by atoms with Crippen molar-refractivity contribution in [3.63, 3.8) is 0 Å². The maximum absolute atomic E-state index is 5.12. The smallest absolute Gasteiger partial charge is 0.158 e. The molecular formula is C14H21N5OS. The molecule has 0 aromatic carbocycles. The molecule has 0 fully saturated rings. The van der Waals surface area contributed by atoms with Crippen LogP contribution in [0.3, 0.4) is 0 Å². The molecule has 0 aliphatic heterocycles. The number of methoxy groups -OCH3 is 1. The zero-order valence-electron chi connectivity index (χ0n) is 12.6. The zero-order valence-corrected chi connectivity index (χ0v) is 13.5. The molecule has 0 aliphatic rings. The Bertz CT molecular complexity index is 572. The third-order valence-corrected chi connectivity index (χ3v) is 3.54. The van der Waals surface area contributed by atoms with Crippen molar-refractivity contribution in [2.75, 3.05) is 24.3 Å². The number of nitrogens with zero attached hydrogens (tertiary/aromatic N) is 3. The predicted octanol–water partition coefficient (Wildman–Crippen LogP) is 2.82. The maximum atomic E-state index is 5.12. The Kier molecular flexibility index (Phi) is 5.89. The molecule has 0 radical (unpaired) electrons. The molecule has 0 atom stereocenters. The number of ether oxygens (including phenoxy) is 1. The van der Waals surface area contributed by atoms with E-state index in [-0.39, 0.29) is 0 Å². The zero-order chi connectivity index (χ0) is 15.1. The van der Waals surface area contributed by atoms with Gasteiger partial charge in [0.25, 0.3) is 0 Å². The molecule has 6 nitrogen and oxygen atoms in total. The highest BCUT2D eigenvalue weighted by atomic mass is 32.1. The first kappa shape index (κ1) is 15.7. The van der Waals surface area contributed by atoms with E-state index < -0.39 is 0 Å². The topological polar surface area (TPSA) is 72.0 Å². The maximum Gasteiger partial charge on any atom is 0.158 e. The Morgan fingerprint density at radius 1 is 1.19 bits per heavy atom. The summed E-state index contributed by atoms with van der Waals surface area (Å²) < 4.78 is 5.12. The van der Waals surface area contributed by atoms with Crippen LogP contribution >= 0.6 is 11.3 Å². The van der Waals surface area contributed by atoms with E-state index in [0.29, 0.717) is 19.0 Å². The van der Waals surface area contributed by atoms with Crippen LogP contribution in [0, 0.1) is 6.92 Å². The monoisotopic (exact) mass is 307 g/mol. The summed E-state index contributed by atoms with van der Waals surface area (Å²) in [5, 5.41) is 9.68. The van der Waals surface area contributed by atoms with Crippen LogP contribution in [0.4, 0.5) is 11.6 Å². The molecule has 2 aromatic rings. The number of rotatable bonds is 8. The molecule has 0 saturated heterocycles. The highest BCUT2D eigenvalue weighted by Gasteiger charge is 2.05. The standard InChI is InChI=1S/C14H21N5OS/c1-4-5-15-12-6-13(19-14(18-12)8-20-3)16-7-11-9-21-10(2)17-11/h6,9H,4-5,7-8H2,1-3H3,(H2,15,16,18,19). The number of hydrogen-bond donors (Lipinski definition) is 2. The molecule has 0 bridgehead atoms. The van der Waals surface area contributed by atoms with Crippen LogP contribution < -0.4 is 10.6 Å². The van der Waals surface area contributed by atoms with Crippen molar-refractivity contribution in [3.8, 4) is 0 Å². The molecule has 0 saturated carbocycles. The van der Waals surface area contributed by atoms with Crippen LogP contribution in [0.15, 0.2) is 11.4 Å². The summed E-state index contributed by atoms with van der Waals surface area (Å²) in [4.78, 5) is 13.3. The highest BCUT2D eigenvalue weighted by Crippen LogP contribution is 2.14. The Hall–Kier alpha value is -1.73. The van der Waals surface area contributed by atoms with Crippen LogP contribution in [-0.4, -0.2) is 28.6 Å². The molecule has 0 amide bonds. The molecule has 0 spiro atoms. The molecule has 0 unspecified atom stereocenters. The van der Waals surface area contributed by atoms with Gasteiger partial charge in [-0.25, -0.2) is 15.0 Å². The van der Waals surface area contributed by atoms with Gasteiger partial charge in [0.05, 0.1) is 17.2 Å². The van der Waals surface area contributed by atoms with Gasteiger partial charge in [-0.05, 0) is 13.3 Å². The average Bonchev–Trinajstić information content (AvgIpc) is 2.89. The number of nitrogens with one attached hydrogen (secondary N) is 2. The van der Waals surface area contributed by atoms with Crippen LogP contribution in [-0.2, 0) is 17.9 Å². The van der Waals surface area contributed by atoms with Gasteiger partial charge >= 0.3 is 0 Å². The van der Waals surface area contributed by atoms with Gasteiger partial charge in [0, 0.05) is 25.1 Å². The highest BCUT2D eigenvalue weighted by molar-refractivity contribution is 7.09. The van der Waals surface area contributed by atoms with Crippen LogP contribution in [0.1, 0.15) is 29.9 Å². The summed E-state index contributed by atoms with van der Waals surface area (Å²) in [6.07, 6.45) is 1.05. The van der Waals surface area contributed by atoms with Crippen LogP contribution in [0.2, 0.25) is 0 Å². The van der Waals surface area contributed by atoms with Crippen molar-refractivity contribution in [2.45, 2.75) is 33.4 Å². The van der Waals surface area contributed by atoms with Crippen molar-refractivity contribution in [3.05, 3.63) is 28.0 Å². The Balaban J connectivity index is 2.07. The van der Waals surface area contributed by atoms with Gasteiger partial charge in [-0.1, -0.05) is 6.92 Å². The van der Waals surface area contributed by atoms with E-state index >= 15 is 0 Å². The Morgan fingerprint density at radius 2 is 1.95 bits per heavy atom. The molecular weight excluding hydrogens is 286 g/mol. The third-order valence-electron chi connectivity index (χ3n) is 2.72. The van der Waals surface area contributed by atoms with Crippen LogP contribution in [0.5, 0.6) is 0 Å². The van der Waals surface area contributed by atoms with E-state index in [2.05, 4.69) is 37.9 Å². The molecule has 2 rings (SSSR count). The normalized spacial score (nSPS) is 10.6. The lowest BCUT2D eigenvalue weighted by Gasteiger charge is -2.10. The van der Waals surface area contributed by atoms with Gasteiger partial charge in [-0.3, -0.25) is 0 Å². The van der Waals surface area contributed by atoms with E-state index in [1.54, 1.807) is 18.4 Å². The summed E-state index contributed by atoms with van der Waals surface area (Å²) in [5.74, 6) is 2.26. The van der Waals surface area contributed by atoms with Crippen molar-refractivity contribution >= 4 is 23.0 Å². The lowest BCUT2D eigenvalue weighted by atomic mass is 10.4. The first-order chi connectivity index (χ1) is 10.2. The van der Waals surface area contributed by atoms with Gasteiger partial charge < -0.3 is 15.4 Å². The summed E-state index contributed by atoms with van der Waals surface area (Å²) >= 11 is 1.65. The SMILES string of the molecule is CCCNc1cc(NCc2csc(C)n2)nc(COC)n1. The average molecular weight is 307 g/mol. The lowest BCUT2D eigenvalue weighted by Crippen LogP contribution is -2.09. The first-order valence-electron chi connectivity index (χ1n) is 6.97. The number of aromatic nitrogens is 3. The van der Waals surface area contributed by atoms with E-state index in [9.17, 15) is 0 Å². The quantitative estimate of drug-likeness (QED) is 0.781. The molecule has 114 valence electrons. The number of aryl methyl sites for hydroxylation is 1. The van der Waals surface area contributed by atoms with Gasteiger partial charge in [0.15, 0.2) is 5.82 Å². The minimum atomic E-state index is 0.395. The van der Waals surface area contributed by atoms with E-state index in [4.69, 9.17) is 4.74 Å². The van der Waals surface area contributed by atoms with Gasteiger partial charge in [-0.15, -0.1) is 11.3 Å².